The summed E-state index contributed by atoms with van der Waals surface area (Å²) in [5.41, 5.74) is -0.697. The van der Waals surface area contributed by atoms with Gasteiger partial charge in [0.15, 0.2) is 0 Å². The van der Waals surface area contributed by atoms with E-state index in [0.29, 0.717) is 0 Å². The molecule has 0 aliphatic heterocycles. The van der Waals surface area contributed by atoms with Crippen molar-refractivity contribution in [3.05, 3.63) is 33.9 Å². The van der Waals surface area contributed by atoms with Crippen molar-refractivity contribution in [2.45, 2.75) is 6.42 Å². The molecule has 110 valence electrons. The third-order valence-electron chi connectivity index (χ3n) is 2.40. The molecule has 0 heterocycles. The molecule has 2 N–H and O–H groups in total. The van der Waals surface area contributed by atoms with Crippen molar-refractivity contribution in [1.29, 1.82) is 0 Å². The number of hydrogen-bond acceptors (Lipinski definition) is 6. The number of nitrogens with one attached hydrogen (secondary N) is 1. The van der Waals surface area contributed by atoms with Gasteiger partial charge in [-0.1, -0.05) is 0 Å². The topological polar surface area (TPSA) is 127 Å². The SMILES string of the molecule is CS(=O)(=O)CCCNC(=O)c1cc(O)ccc1[N+](=O)[O-]. The van der Waals surface area contributed by atoms with Crippen LogP contribution in [0, 0.1) is 10.1 Å². The number of phenols is 1. The van der Waals surface area contributed by atoms with Crippen LogP contribution in [-0.2, 0) is 9.84 Å². The second-order valence-corrected chi connectivity index (χ2v) is 6.46. The minimum atomic E-state index is -3.11. The molecule has 0 bridgehead atoms. The number of benzene rings is 1. The molecular formula is C11H14N2O6S. The van der Waals surface area contributed by atoms with Crippen LogP contribution in [0.5, 0.6) is 5.75 Å². The van der Waals surface area contributed by atoms with Gasteiger partial charge in [-0.3, -0.25) is 14.9 Å². The van der Waals surface area contributed by atoms with E-state index in [1.165, 1.54) is 0 Å². The number of nitro benzene ring substituents is 1. The molecule has 0 fully saturated rings. The largest absolute Gasteiger partial charge is 0.508 e. The lowest BCUT2D eigenvalue weighted by molar-refractivity contribution is -0.385. The molecule has 9 heteroatoms. The lowest BCUT2D eigenvalue weighted by Gasteiger charge is -2.06. The number of hydrogen-bond donors (Lipinski definition) is 2. The van der Waals surface area contributed by atoms with Gasteiger partial charge in [0.25, 0.3) is 11.6 Å². The van der Waals surface area contributed by atoms with E-state index in [0.717, 1.165) is 24.5 Å². The number of phenolic OH excluding ortho intramolecular Hbond substituents is 1. The predicted octanol–water partition coefficient (Wildman–Crippen LogP) is 0.465. The second-order valence-electron chi connectivity index (χ2n) is 4.20. The molecule has 0 saturated carbocycles. The Bertz CT molecular complexity index is 626. The first-order valence-electron chi connectivity index (χ1n) is 5.64. The molecule has 8 nitrogen and oxygen atoms in total. The minimum Gasteiger partial charge on any atom is -0.508 e. The van der Waals surface area contributed by atoms with Crippen LogP contribution in [0.4, 0.5) is 5.69 Å². The van der Waals surface area contributed by atoms with Crippen molar-refractivity contribution in [3.8, 4) is 5.75 Å². The monoisotopic (exact) mass is 302 g/mol. The molecule has 20 heavy (non-hydrogen) atoms. The van der Waals surface area contributed by atoms with E-state index < -0.39 is 26.4 Å². The third kappa shape index (κ3) is 4.84. The highest BCUT2D eigenvalue weighted by molar-refractivity contribution is 7.90. The predicted molar refractivity (Wildman–Crippen MR) is 71.4 cm³/mol. The molecule has 0 unspecified atom stereocenters. The summed E-state index contributed by atoms with van der Waals surface area (Å²) in [5.74, 6) is -1.09. The second kappa shape index (κ2) is 6.33. The molecule has 0 saturated heterocycles. The van der Waals surface area contributed by atoms with Crippen LogP contribution >= 0.6 is 0 Å². The first-order chi connectivity index (χ1) is 9.20. The van der Waals surface area contributed by atoms with Crippen molar-refractivity contribution in [2.24, 2.45) is 0 Å². The van der Waals surface area contributed by atoms with Gasteiger partial charge < -0.3 is 10.4 Å². The highest BCUT2D eigenvalue weighted by atomic mass is 32.2. The zero-order chi connectivity index (χ0) is 15.3. The molecule has 1 rings (SSSR count). The Labute approximate surface area is 115 Å². The summed E-state index contributed by atoms with van der Waals surface area (Å²) in [6.07, 6.45) is 1.28. The molecule has 0 spiro atoms. The number of carbonyl (C=O) groups excluding carboxylic acids is 1. The third-order valence-corrected chi connectivity index (χ3v) is 3.43. The average molecular weight is 302 g/mol. The van der Waals surface area contributed by atoms with Gasteiger partial charge in [-0.15, -0.1) is 0 Å². The summed E-state index contributed by atoms with van der Waals surface area (Å²) >= 11 is 0. The fraction of sp³-hybridized carbons (Fsp3) is 0.364. The minimum absolute atomic E-state index is 0.0682. The van der Waals surface area contributed by atoms with Gasteiger partial charge in [-0.05, 0) is 18.6 Å². The van der Waals surface area contributed by atoms with E-state index in [1.807, 2.05) is 0 Å². The fourth-order valence-electron chi connectivity index (χ4n) is 1.50. The zero-order valence-corrected chi connectivity index (χ0v) is 11.5. The number of nitrogens with zero attached hydrogens (tertiary/aromatic N) is 1. The van der Waals surface area contributed by atoms with Gasteiger partial charge in [0, 0.05) is 18.9 Å². The van der Waals surface area contributed by atoms with Crippen molar-refractivity contribution in [3.63, 3.8) is 0 Å². The molecule has 0 atom stereocenters. The van der Waals surface area contributed by atoms with Gasteiger partial charge in [0.1, 0.15) is 21.2 Å². The number of carbonyl (C=O) groups is 1. The molecular weight excluding hydrogens is 288 g/mol. The summed E-state index contributed by atoms with van der Waals surface area (Å²) < 4.78 is 21.8. The van der Waals surface area contributed by atoms with Gasteiger partial charge in [0.05, 0.1) is 10.7 Å². The molecule has 1 aromatic carbocycles. The van der Waals surface area contributed by atoms with Gasteiger partial charge in [-0.2, -0.15) is 0 Å². The Hall–Kier alpha value is -2.16. The van der Waals surface area contributed by atoms with Crippen LogP contribution in [0.25, 0.3) is 0 Å². The molecule has 0 aromatic heterocycles. The Morgan fingerprint density at radius 2 is 2.10 bits per heavy atom. The number of sulfone groups is 1. The Kier molecular flexibility index (Phi) is 5.03. The standard InChI is InChI=1S/C11H14N2O6S/c1-20(18,19)6-2-5-12-11(15)9-7-8(14)3-4-10(9)13(16)17/h3-4,7,14H,2,5-6H2,1H3,(H,12,15). The van der Waals surface area contributed by atoms with E-state index in [9.17, 15) is 28.4 Å². The summed E-state index contributed by atoms with van der Waals surface area (Å²) in [5, 5.41) is 22.4. The van der Waals surface area contributed by atoms with Crippen LogP contribution in [0.1, 0.15) is 16.8 Å². The van der Waals surface area contributed by atoms with E-state index in [-0.39, 0.29) is 30.0 Å². The first kappa shape index (κ1) is 15.9. The summed E-state index contributed by atoms with van der Waals surface area (Å²) in [6.45, 7) is 0.0682. The maximum Gasteiger partial charge on any atom is 0.282 e. The van der Waals surface area contributed by atoms with Crippen molar-refractivity contribution in [1.82, 2.24) is 5.32 Å². The van der Waals surface area contributed by atoms with Crippen LogP contribution in [-0.4, -0.2) is 42.9 Å². The molecule has 0 radical (unpaired) electrons. The quantitative estimate of drug-likeness (QED) is 0.446. The molecule has 0 aliphatic rings. The van der Waals surface area contributed by atoms with Crippen LogP contribution in [0.2, 0.25) is 0 Å². The zero-order valence-electron chi connectivity index (χ0n) is 10.7. The Morgan fingerprint density at radius 1 is 1.45 bits per heavy atom. The maximum atomic E-state index is 11.8. The number of amides is 1. The van der Waals surface area contributed by atoms with E-state index in [4.69, 9.17) is 0 Å². The van der Waals surface area contributed by atoms with Crippen LogP contribution in [0.15, 0.2) is 18.2 Å². The van der Waals surface area contributed by atoms with E-state index >= 15 is 0 Å². The van der Waals surface area contributed by atoms with Crippen LogP contribution < -0.4 is 5.32 Å². The lowest BCUT2D eigenvalue weighted by atomic mass is 10.1. The highest BCUT2D eigenvalue weighted by Crippen LogP contribution is 2.23. The summed E-state index contributed by atoms with van der Waals surface area (Å²) in [6, 6.07) is 3.13. The van der Waals surface area contributed by atoms with E-state index in [2.05, 4.69) is 5.32 Å². The smallest absolute Gasteiger partial charge is 0.282 e. The van der Waals surface area contributed by atoms with Crippen molar-refractivity contribution >= 4 is 21.4 Å². The maximum absolute atomic E-state index is 11.8. The summed E-state index contributed by atoms with van der Waals surface area (Å²) in [4.78, 5) is 21.8. The highest BCUT2D eigenvalue weighted by Gasteiger charge is 2.20. The summed E-state index contributed by atoms with van der Waals surface area (Å²) in [7, 11) is -3.11. The number of nitro groups is 1. The molecule has 1 aromatic rings. The normalized spacial score (nSPS) is 11.1. The Balaban J connectivity index is 2.72. The fourth-order valence-corrected chi connectivity index (χ4v) is 2.17. The molecule has 0 aliphatic carbocycles. The number of rotatable bonds is 6. The average Bonchev–Trinajstić information content (AvgIpc) is 2.32. The van der Waals surface area contributed by atoms with Crippen LogP contribution in [0.3, 0.4) is 0 Å². The molecule has 1 amide bonds. The van der Waals surface area contributed by atoms with Gasteiger partial charge in [-0.25, -0.2) is 8.42 Å². The Morgan fingerprint density at radius 3 is 2.65 bits per heavy atom. The van der Waals surface area contributed by atoms with Crippen molar-refractivity contribution < 1.29 is 23.2 Å². The van der Waals surface area contributed by atoms with Crippen molar-refractivity contribution in [2.75, 3.05) is 18.6 Å². The lowest BCUT2D eigenvalue weighted by Crippen LogP contribution is -2.26. The van der Waals surface area contributed by atoms with Gasteiger partial charge >= 0.3 is 0 Å². The first-order valence-corrected chi connectivity index (χ1v) is 7.70. The van der Waals surface area contributed by atoms with E-state index in [1.54, 1.807) is 0 Å². The van der Waals surface area contributed by atoms with Gasteiger partial charge in [0.2, 0.25) is 0 Å². The number of aromatic hydroxyl groups is 1.